The number of methoxy groups -OCH3 is 1. The van der Waals surface area contributed by atoms with E-state index in [1.165, 1.54) is 0 Å². The number of hydrogen-bond donors (Lipinski definition) is 2. The lowest BCUT2D eigenvalue weighted by molar-refractivity contribution is -0.121. The fourth-order valence-corrected chi connectivity index (χ4v) is 3.42. The van der Waals surface area contributed by atoms with Gasteiger partial charge in [0, 0.05) is 41.0 Å². The minimum absolute atomic E-state index is 0.0500. The minimum atomic E-state index is -0.0500. The highest BCUT2D eigenvalue weighted by Gasteiger charge is 2.28. The molecule has 1 amide bonds. The number of aromatic nitrogens is 1. The van der Waals surface area contributed by atoms with Gasteiger partial charge in [-0.25, -0.2) is 0 Å². The number of carbonyl (C=O) groups excluding carboxylic acids is 1. The molecule has 1 aliphatic carbocycles. The van der Waals surface area contributed by atoms with Crippen LogP contribution >= 0.6 is 0 Å². The van der Waals surface area contributed by atoms with Gasteiger partial charge in [-0.1, -0.05) is 36.4 Å². The highest BCUT2D eigenvalue weighted by atomic mass is 16.5. The van der Waals surface area contributed by atoms with Crippen molar-refractivity contribution in [1.29, 1.82) is 0 Å². The van der Waals surface area contributed by atoms with Gasteiger partial charge in [0.1, 0.15) is 5.75 Å². The van der Waals surface area contributed by atoms with Gasteiger partial charge in [-0.15, -0.1) is 0 Å². The van der Waals surface area contributed by atoms with E-state index in [1.54, 1.807) is 7.11 Å². The maximum atomic E-state index is 12.5. The lowest BCUT2D eigenvalue weighted by Gasteiger charge is -2.19. The first-order valence-corrected chi connectivity index (χ1v) is 8.74. The third-order valence-corrected chi connectivity index (χ3v) is 4.84. The third kappa shape index (κ3) is 3.25. The summed E-state index contributed by atoms with van der Waals surface area (Å²) in [6.45, 7) is 0. The average Bonchev–Trinajstić information content (AvgIpc) is 3.35. The fourth-order valence-electron chi connectivity index (χ4n) is 3.42. The van der Waals surface area contributed by atoms with Crippen LogP contribution < -0.4 is 10.1 Å². The monoisotopic (exact) mass is 334 g/mol. The SMILES string of the molecule is COc1ccccc1C(CC(=O)NC1CC1)c1c[nH]c2ccccc12. The summed E-state index contributed by atoms with van der Waals surface area (Å²) < 4.78 is 5.57. The Bertz CT molecular complexity index is 896. The van der Waals surface area contributed by atoms with Gasteiger partial charge >= 0.3 is 0 Å². The molecule has 1 unspecified atom stereocenters. The van der Waals surface area contributed by atoms with Gasteiger partial charge in [0.15, 0.2) is 0 Å². The summed E-state index contributed by atoms with van der Waals surface area (Å²) in [7, 11) is 1.68. The number of rotatable bonds is 6. The maximum Gasteiger partial charge on any atom is 0.221 e. The van der Waals surface area contributed by atoms with Crippen molar-refractivity contribution in [2.24, 2.45) is 0 Å². The molecule has 0 saturated heterocycles. The summed E-state index contributed by atoms with van der Waals surface area (Å²) in [5, 5.41) is 4.26. The quantitative estimate of drug-likeness (QED) is 0.716. The van der Waals surface area contributed by atoms with Gasteiger partial charge in [0.2, 0.25) is 5.91 Å². The van der Waals surface area contributed by atoms with E-state index in [1.807, 2.05) is 36.5 Å². The Morgan fingerprint density at radius 2 is 1.92 bits per heavy atom. The van der Waals surface area contributed by atoms with Crippen LogP contribution in [0, 0.1) is 0 Å². The summed E-state index contributed by atoms with van der Waals surface area (Å²) in [6.07, 6.45) is 4.63. The smallest absolute Gasteiger partial charge is 0.221 e. The van der Waals surface area contributed by atoms with E-state index in [9.17, 15) is 4.79 Å². The van der Waals surface area contributed by atoms with Crippen molar-refractivity contribution in [1.82, 2.24) is 10.3 Å². The molecule has 1 saturated carbocycles. The molecule has 4 heteroatoms. The number of fused-ring (bicyclic) bond motifs is 1. The lowest BCUT2D eigenvalue weighted by atomic mass is 9.87. The Kier molecular flexibility index (Phi) is 4.18. The highest BCUT2D eigenvalue weighted by molar-refractivity contribution is 5.86. The van der Waals surface area contributed by atoms with Gasteiger partial charge < -0.3 is 15.0 Å². The topological polar surface area (TPSA) is 54.1 Å². The number of ether oxygens (including phenoxy) is 1. The molecule has 1 heterocycles. The number of amides is 1. The average molecular weight is 334 g/mol. The molecule has 4 nitrogen and oxygen atoms in total. The Morgan fingerprint density at radius 1 is 1.16 bits per heavy atom. The van der Waals surface area contributed by atoms with Crippen LogP contribution in [0.25, 0.3) is 10.9 Å². The van der Waals surface area contributed by atoms with Crippen LogP contribution in [0.15, 0.2) is 54.7 Å². The molecule has 1 fully saturated rings. The number of H-pyrrole nitrogens is 1. The first-order valence-electron chi connectivity index (χ1n) is 8.74. The summed E-state index contributed by atoms with van der Waals surface area (Å²) in [5.74, 6) is 0.867. The molecule has 3 aromatic rings. The first-order chi connectivity index (χ1) is 12.3. The molecule has 1 aliphatic rings. The predicted molar refractivity (Wildman–Crippen MR) is 98.9 cm³/mol. The molecule has 1 aromatic heterocycles. The largest absolute Gasteiger partial charge is 0.496 e. The van der Waals surface area contributed by atoms with Crippen LogP contribution in [0.5, 0.6) is 5.75 Å². The molecule has 128 valence electrons. The van der Waals surface area contributed by atoms with Crippen molar-refractivity contribution >= 4 is 16.8 Å². The molecule has 0 spiro atoms. The molecule has 4 rings (SSSR count). The molecule has 1 atom stereocenters. The van der Waals surface area contributed by atoms with Crippen LogP contribution in [0.3, 0.4) is 0 Å². The van der Waals surface area contributed by atoms with E-state index in [4.69, 9.17) is 4.74 Å². The van der Waals surface area contributed by atoms with Gasteiger partial charge in [0.05, 0.1) is 7.11 Å². The summed E-state index contributed by atoms with van der Waals surface area (Å²) in [6, 6.07) is 16.5. The summed E-state index contributed by atoms with van der Waals surface area (Å²) in [5.41, 5.74) is 3.26. The van der Waals surface area contributed by atoms with Gasteiger partial charge in [-0.2, -0.15) is 0 Å². The van der Waals surface area contributed by atoms with Crippen molar-refractivity contribution in [3.63, 3.8) is 0 Å². The van der Waals surface area contributed by atoms with Crippen LogP contribution in [-0.2, 0) is 4.79 Å². The van der Waals surface area contributed by atoms with Crippen LogP contribution in [-0.4, -0.2) is 24.0 Å². The van der Waals surface area contributed by atoms with Crippen molar-refractivity contribution in [3.05, 3.63) is 65.9 Å². The van der Waals surface area contributed by atoms with Crippen LogP contribution in [0.4, 0.5) is 0 Å². The van der Waals surface area contributed by atoms with Gasteiger partial charge in [0.25, 0.3) is 0 Å². The van der Waals surface area contributed by atoms with E-state index in [2.05, 4.69) is 28.5 Å². The Morgan fingerprint density at radius 3 is 2.72 bits per heavy atom. The van der Waals surface area contributed by atoms with E-state index < -0.39 is 0 Å². The molecule has 2 N–H and O–H groups in total. The number of nitrogens with one attached hydrogen (secondary N) is 2. The minimum Gasteiger partial charge on any atom is -0.496 e. The predicted octanol–water partition coefficient (Wildman–Crippen LogP) is 3.98. The van der Waals surface area contributed by atoms with Crippen molar-refractivity contribution in [3.8, 4) is 5.75 Å². The van der Waals surface area contributed by atoms with Crippen molar-refractivity contribution in [2.45, 2.75) is 31.2 Å². The zero-order valence-corrected chi connectivity index (χ0v) is 14.3. The maximum absolute atomic E-state index is 12.5. The number of benzene rings is 2. The molecule has 0 radical (unpaired) electrons. The molecule has 2 aromatic carbocycles. The zero-order valence-electron chi connectivity index (χ0n) is 14.3. The second-order valence-electron chi connectivity index (χ2n) is 6.63. The molecular formula is C21H22N2O2. The third-order valence-electron chi connectivity index (χ3n) is 4.84. The fraction of sp³-hybridized carbons (Fsp3) is 0.286. The van der Waals surface area contributed by atoms with E-state index in [-0.39, 0.29) is 11.8 Å². The van der Waals surface area contributed by atoms with Crippen molar-refractivity contribution < 1.29 is 9.53 Å². The highest BCUT2D eigenvalue weighted by Crippen LogP contribution is 2.37. The summed E-state index contributed by atoms with van der Waals surface area (Å²) >= 11 is 0. The molecule has 0 aliphatic heterocycles. The van der Waals surface area contributed by atoms with Gasteiger partial charge in [-0.3, -0.25) is 4.79 Å². The normalized spacial score (nSPS) is 15.1. The molecule has 25 heavy (non-hydrogen) atoms. The van der Waals surface area contributed by atoms with E-state index >= 15 is 0 Å². The zero-order chi connectivity index (χ0) is 17.2. The number of carbonyl (C=O) groups is 1. The van der Waals surface area contributed by atoms with Crippen LogP contribution in [0.2, 0.25) is 0 Å². The lowest BCUT2D eigenvalue weighted by Crippen LogP contribution is -2.27. The van der Waals surface area contributed by atoms with Crippen LogP contribution in [0.1, 0.15) is 36.3 Å². The second kappa shape index (κ2) is 6.63. The Labute approximate surface area is 147 Å². The van der Waals surface area contributed by atoms with E-state index in [0.717, 1.165) is 40.6 Å². The number of hydrogen-bond acceptors (Lipinski definition) is 2. The second-order valence-corrected chi connectivity index (χ2v) is 6.63. The van der Waals surface area contributed by atoms with Gasteiger partial charge in [-0.05, 0) is 30.5 Å². The van der Waals surface area contributed by atoms with E-state index in [0.29, 0.717) is 12.5 Å². The summed E-state index contributed by atoms with van der Waals surface area (Å²) in [4.78, 5) is 15.9. The Hall–Kier alpha value is -2.75. The van der Waals surface area contributed by atoms with Crippen molar-refractivity contribution in [2.75, 3.05) is 7.11 Å². The molecular weight excluding hydrogens is 312 g/mol. The number of para-hydroxylation sites is 2. The standard InChI is InChI=1S/C21H22N2O2/c1-25-20-9-5-3-7-16(20)17(12-21(24)23-14-10-11-14)18-13-22-19-8-4-2-6-15(18)19/h2-9,13-14,17,22H,10-12H2,1H3,(H,23,24). The number of aromatic amines is 1. The first kappa shape index (κ1) is 15.8. The Balaban J connectivity index is 1.76. The molecule has 0 bridgehead atoms.